The van der Waals surface area contributed by atoms with Gasteiger partial charge >= 0.3 is 5.97 Å². The minimum atomic E-state index is -0.916. The zero-order valence-electron chi connectivity index (χ0n) is 11.5. The fourth-order valence-electron chi connectivity index (χ4n) is 2.35. The van der Waals surface area contributed by atoms with Gasteiger partial charge in [-0.05, 0) is 43.3 Å². The minimum absolute atomic E-state index is 0.916. The summed E-state index contributed by atoms with van der Waals surface area (Å²) >= 11 is 0. The van der Waals surface area contributed by atoms with Gasteiger partial charge in [0, 0.05) is 37.9 Å². The van der Waals surface area contributed by atoms with Crippen LogP contribution in [-0.4, -0.2) is 49.2 Å². The molecular formula is C15H20N2O2. The number of aryl methyl sites for hydroxylation is 1. The smallest absolute Gasteiger partial charge is 0.328 e. The molecule has 0 amide bonds. The second-order valence-corrected chi connectivity index (χ2v) is 5.01. The van der Waals surface area contributed by atoms with Crippen LogP contribution in [0.5, 0.6) is 0 Å². The van der Waals surface area contributed by atoms with Gasteiger partial charge in [0.2, 0.25) is 0 Å². The van der Waals surface area contributed by atoms with E-state index >= 15 is 0 Å². The van der Waals surface area contributed by atoms with E-state index in [1.807, 2.05) is 12.1 Å². The van der Waals surface area contributed by atoms with Crippen LogP contribution in [0.15, 0.2) is 24.3 Å². The van der Waals surface area contributed by atoms with E-state index in [-0.39, 0.29) is 0 Å². The number of hydrogen-bond donors (Lipinski definition) is 1. The molecule has 1 fully saturated rings. The molecule has 0 unspecified atom stereocenters. The summed E-state index contributed by atoms with van der Waals surface area (Å²) in [4.78, 5) is 15.2. The molecule has 4 heteroatoms. The second-order valence-electron chi connectivity index (χ2n) is 5.01. The standard InChI is InChI=1S/C15H20N2O2/c1-12-11-13(4-6-15(18)19)3-5-14(12)17-9-7-16(2)8-10-17/h3-6,11H,7-10H2,1-2H3,(H,18,19). The van der Waals surface area contributed by atoms with Crippen molar-refractivity contribution in [1.29, 1.82) is 0 Å². The molecule has 1 heterocycles. The van der Waals surface area contributed by atoms with E-state index in [1.165, 1.54) is 17.3 Å². The Labute approximate surface area is 113 Å². The number of carboxylic acid groups (broad SMARTS) is 1. The Bertz CT molecular complexity index is 489. The van der Waals surface area contributed by atoms with Crippen molar-refractivity contribution >= 4 is 17.7 Å². The van der Waals surface area contributed by atoms with E-state index in [9.17, 15) is 4.79 Å². The number of aliphatic carboxylic acids is 1. The van der Waals surface area contributed by atoms with Crippen molar-refractivity contribution in [2.45, 2.75) is 6.92 Å². The molecule has 1 aromatic carbocycles. The van der Waals surface area contributed by atoms with Crippen molar-refractivity contribution in [2.24, 2.45) is 0 Å². The minimum Gasteiger partial charge on any atom is -0.478 e. The van der Waals surface area contributed by atoms with Gasteiger partial charge in [-0.2, -0.15) is 0 Å². The summed E-state index contributed by atoms with van der Waals surface area (Å²) in [5.41, 5.74) is 3.37. The van der Waals surface area contributed by atoms with Crippen LogP contribution in [-0.2, 0) is 4.79 Å². The summed E-state index contributed by atoms with van der Waals surface area (Å²) in [7, 11) is 2.14. The van der Waals surface area contributed by atoms with Crippen molar-refractivity contribution in [3.8, 4) is 0 Å². The maximum Gasteiger partial charge on any atom is 0.328 e. The second kappa shape index (κ2) is 5.89. The summed E-state index contributed by atoms with van der Waals surface area (Å²) in [6.45, 7) is 6.33. The maximum absolute atomic E-state index is 10.5. The van der Waals surface area contributed by atoms with Crippen molar-refractivity contribution in [3.05, 3.63) is 35.4 Å². The zero-order valence-corrected chi connectivity index (χ0v) is 11.5. The van der Waals surface area contributed by atoms with Crippen molar-refractivity contribution in [1.82, 2.24) is 4.90 Å². The van der Waals surface area contributed by atoms with E-state index in [0.29, 0.717) is 0 Å². The predicted molar refractivity (Wildman–Crippen MR) is 77.6 cm³/mol. The Morgan fingerprint density at radius 1 is 1.26 bits per heavy atom. The van der Waals surface area contributed by atoms with Crippen molar-refractivity contribution < 1.29 is 9.90 Å². The van der Waals surface area contributed by atoms with Gasteiger partial charge in [-0.15, -0.1) is 0 Å². The number of carbonyl (C=O) groups is 1. The van der Waals surface area contributed by atoms with Gasteiger partial charge in [-0.1, -0.05) is 6.07 Å². The molecule has 0 atom stereocenters. The summed E-state index contributed by atoms with van der Waals surface area (Å²) in [5, 5.41) is 8.63. The fraction of sp³-hybridized carbons (Fsp3) is 0.400. The average molecular weight is 260 g/mol. The van der Waals surface area contributed by atoms with Gasteiger partial charge in [0.25, 0.3) is 0 Å². The Morgan fingerprint density at radius 3 is 2.53 bits per heavy atom. The van der Waals surface area contributed by atoms with Gasteiger partial charge in [-0.25, -0.2) is 4.79 Å². The lowest BCUT2D eigenvalue weighted by Crippen LogP contribution is -2.44. The van der Waals surface area contributed by atoms with E-state index in [1.54, 1.807) is 6.08 Å². The van der Waals surface area contributed by atoms with E-state index in [0.717, 1.165) is 31.7 Å². The highest BCUT2D eigenvalue weighted by molar-refractivity contribution is 5.85. The molecule has 4 nitrogen and oxygen atoms in total. The van der Waals surface area contributed by atoms with Gasteiger partial charge in [0.15, 0.2) is 0 Å². The molecule has 1 saturated heterocycles. The third kappa shape index (κ3) is 3.58. The quantitative estimate of drug-likeness (QED) is 0.842. The van der Waals surface area contributed by atoms with Crippen LogP contribution < -0.4 is 4.90 Å². The van der Waals surface area contributed by atoms with Crippen LogP contribution in [0, 0.1) is 6.92 Å². The molecule has 0 aromatic heterocycles. The molecule has 102 valence electrons. The van der Waals surface area contributed by atoms with E-state index < -0.39 is 5.97 Å². The van der Waals surface area contributed by atoms with Gasteiger partial charge in [-0.3, -0.25) is 0 Å². The zero-order chi connectivity index (χ0) is 13.8. The first-order valence-corrected chi connectivity index (χ1v) is 6.51. The molecule has 0 radical (unpaired) electrons. The lowest BCUT2D eigenvalue weighted by molar-refractivity contribution is -0.131. The third-order valence-corrected chi connectivity index (χ3v) is 3.48. The van der Waals surface area contributed by atoms with Crippen molar-refractivity contribution in [2.75, 3.05) is 38.1 Å². The summed E-state index contributed by atoms with van der Waals surface area (Å²) in [5.74, 6) is -0.916. The predicted octanol–water partition coefficient (Wildman–Crippen LogP) is 1.84. The van der Waals surface area contributed by atoms with Gasteiger partial charge in [0.05, 0.1) is 0 Å². The van der Waals surface area contributed by atoms with Crippen LogP contribution in [0.4, 0.5) is 5.69 Å². The highest BCUT2D eigenvalue weighted by Crippen LogP contribution is 2.23. The molecule has 1 aliphatic rings. The molecule has 1 N–H and O–H groups in total. The Kier molecular flexibility index (Phi) is 4.22. The highest BCUT2D eigenvalue weighted by atomic mass is 16.4. The molecular weight excluding hydrogens is 240 g/mol. The molecule has 19 heavy (non-hydrogen) atoms. The fourth-order valence-corrected chi connectivity index (χ4v) is 2.35. The Morgan fingerprint density at radius 2 is 1.95 bits per heavy atom. The van der Waals surface area contributed by atoms with E-state index in [2.05, 4.69) is 29.8 Å². The van der Waals surface area contributed by atoms with Crippen LogP contribution in [0.2, 0.25) is 0 Å². The molecule has 0 bridgehead atoms. The number of rotatable bonds is 3. The molecule has 2 rings (SSSR count). The number of piperazine rings is 1. The number of nitrogens with zero attached hydrogens (tertiary/aromatic N) is 2. The number of likely N-dealkylation sites (N-methyl/N-ethyl adjacent to an activating group) is 1. The SMILES string of the molecule is Cc1cc(C=CC(=O)O)ccc1N1CCN(C)CC1. The number of carboxylic acids is 1. The lowest BCUT2D eigenvalue weighted by atomic mass is 10.1. The molecule has 0 saturated carbocycles. The lowest BCUT2D eigenvalue weighted by Gasteiger charge is -2.35. The monoisotopic (exact) mass is 260 g/mol. The molecule has 1 aliphatic heterocycles. The number of anilines is 1. The van der Waals surface area contributed by atoms with Crippen LogP contribution in [0.3, 0.4) is 0 Å². The Hall–Kier alpha value is -1.81. The summed E-state index contributed by atoms with van der Waals surface area (Å²) in [6, 6.07) is 6.09. The van der Waals surface area contributed by atoms with Crippen LogP contribution >= 0.6 is 0 Å². The number of benzene rings is 1. The van der Waals surface area contributed by atoms with Crippen LogP contribution in [0.25, 0.3) is 6.08 Å². The highest BCUT2D eigenvalue weighted by Gasteiger charge is 2.15. The summed E-state index contributed by atoms with van der Waals surface area (Å²) < 4.78 is 0. The third-order valence-electron chi connectivity index (χ3n) is 3.48. The topological polar surface area (TPSA) is 43.8 Å². The molecule has 1 aromatic rings. The van der Waals surface area contributed by atoms with E-state index in [4.69, 9.17) is 5.11 Å². The molecule has 0 spiro atoms. The average Bonchev–Trinajstić information content (AvgIpc) is 2.38. The van der Waals surface area contributed by atoms with Gasteiger partial charge < -0.3 is 14.9 Å². The summed E-state index contributed by atoms with van der Waals surface area (Å²) in [6.07, 6.45) is 2.80. The largest absolute Gasteiger partial charge is 0.478 e. The Balaban J connectivity index is 2.13. The number of hydrogen-bond acceptors (Lipinski definition) is 3. The van der Waals surface area contributed by atoms with Crippen LogP contribution in [0.1, 0.15) is 11.1 Å². The van der Waals surface area contributed by atoms with Crippen molar-refractivity contribution in [3.63, 3.8) is 0 Å². The first-order chi connectivity index (χ1) is 9.06. The normalized spacial score (nSPS) is 17.1. The van der Waals surface area contributed by atoms with Gasteiger partial charge in [0.1, 0.15) is 0 Å². The first kappa shape index (κ1) is 13.6. The maximum atomic E-state index is 10.5. The first-order valence-electron chi connectivity index (χ1n) is 6.51. The molecule has 0 aliphatic carbocycles.